The van der Waals surface area contributed by atoms with Crippen molar-refractivity contribution in [3.8, 4) is 11.1 Å². The van der Waals surface area contributed by atoms with Crippen LogP contribution in [-0.2, 0) is 21.7 Å². The van der Waals surface area contributed by atoms with Crippen molar-refractivity contribution in [2.75, 3.05) is 59.0 Å². The fourth-order valence-electron chi connectivity index (χ4n) is 4.84. The van der Waals surface area contributed by atoms with Gasteiger partial charge in [0.05, 0.1) is 13.2 Å². The van der Waals surface area contributed by atoms with Crippen LogP contribution in [0.4, 0.5) is 26.3 Å². The summed E-state index contributed by atoms with van der Waals surface area (Å²) in [6.45, 7) is 7.26. The van der Waals surface area contributed by atoms with Gasteiger partial charge in [0, 0.05) is 64.3 Å². The van der Waals surface area contributed by atoms with Crippen molar-refractivity contribution in [3.05, 3.63) is 59.7 Å². The number of hydrogen-bond acceptors (Lipinski definition) is 5. The number of carbonyl (C=O) groups excluding carboxylic acids is 1. The summed E-state index contributed by atoms with van der Waals surface area (Å²) in [7, 11) is 0. The fraction of sp³-hybridized carbons (Fsp3) is 0.519. The van der Waals surface area contributed by atoms with Crippen LogP contribution in [0.3, 0.4) is 0 Å². The number of nitrogens with zero attached hydrogens (tertiary/aromatic N) is 3. The monoisotopic (exact) mass is 559 g/mol. The minimum atomic E-state index is -5.92. The highest BCUT2D eigenvalue weighted by molar-refractivity contribution is 5.76. The van der Waals surface area contributed by atoms with Crippen molar-refractivity contribution in [2.45, 2.75) is 30.9 Å². The van der Waals surface area contributed by atoms with Crippen molar-refractivity contribution in [3.63, 3.8) is 0 Å². The third kappa shape index (κ3) is 6.74. The normalized spacial score (nSPS) is 18.4. The lowest BCUT2D eigenvalue weighted by atomic mass is 9.90. The van der Waals surface area contributed by atoms with Gasteiger partial charge >= 0.3 is 12.4 Å². The lowest BCUT2D eigenvalue weighted by molar-refractivity contribution is -0.376. The first-order valence-electron chi connectivity index (χ1n) is 12.7. The second-order valence-electron chi connectivity index (χ2n) is 9.84. The molecule has 4 rings (SSSR count). The average Bonchev–Trinajstić information content (AvgIpc) is 2.91. The molecule has 0 unspecified atom stereocenters. The number of rotatable bonds is 7. The molecule has 2 aromatic rings. The van der Waals surface area contributed by atoms with E-state index in [0.29, 0.717) is 62.5 Å². The van der Waals surface area contributed by atoms with Crippen molar-refractivity contribution in [2.24, 2.45) is 0 Å². The van der Waals surface area contributed by atoms with Gasteiger partial charge in [0.25, 0.3) is 5.60 Å². The molecule has 214 valence electrons. The maximum Gasteiger partial charge on any atom is 0.430 e. The van der Waals surface area contributed by atoms with Crippen LogP contribution in [0.15, 0.2) is 48.5 Å². The Kier molecular flexibility index (Phi) is 8.89. The molecule has 2 aromatic carbocycles. The van der Waals surface area contributed by atoms with E-state index in [-0.39, 0.29) is 5.91 Å². The summed E-state index contributed by atoms with van der Waals surface area (Å²) in [5.41, 5.74) is -4.21. The predicted octanol–water partition coefficient (Wildman–Crippen LogP) is 4.03. The maximum atomic E-state index is 13.1. The molecule has 0 saturated carbocycles. The molecule has 6 nitrogen and oxygen atoms in total. The number of ether oxygens (including phenoxy) is 1. The minimum Gasteiger partial charge on any atom is -0.379 e. The predicted molar refractivity (Wildman–Crippen MR) is 132 cm³/mol. The number of hydrogen-bond donors (Lipinski definition) is 1. The molecular weight excluding hydrogens is 528 g/mol. The Morgan fingerprint density at radius 3 is 1.77 bits per heavy atom. The minimum absolute atomic E-state index is 0.153. The summed E-state index contributed by atoms with van der Waals surface area (Å²) in [4.78, 5) is 18.9. The van der Waals surface area contributed by atoms with Crippen LogP contribution in [0.25, 0.3) is 11.1 Å². The summed E-state index contributed by atoms with van der Waals surface area (Å²) in [5.74, 6) is 0.153. The van der Waals surface area contributed by atoms with Gasteiger partial charge in [0.15, 0.2) is 0 Å². The Labute approximate surface area is 222 Å². The number of piperazine rings is 1. The quantitative estimate of drug-likeness (QED) is 0.520. The SMILES string of the molecule is O=C(CCN1CCOCC1)N1CCN(Cc2ccc(-c3ccc(C(O)(C(F)(F)F)C(F)(F)F)cc3)cc2)CC1. The second kappa shape index (κ2) is 11.8. The van der Waals surface area contributed by atoms with Crippen LogP contribution in [0.1, 0.15) is 17.5 Å². The molecule has 0 radical (unpaired) electrons. The van der Waals surface area contributed by atoms with E-state index in [0.717, 1.165) is 50.4 Å². The lowest BCUT2D eigenvalue weighted by Gasteiger charge is -2.35. The molecule has 0 bridgehead atoms. The summed E-state index contributed by atoms with van der Waals surface area (Å²) in [6.07, 6.45) is -11.3. The second-order valence-corrected chi connectivity index (χ2v) is 9.84. The zero-order chi connectivity index (χ0) is 28.3. The van der Waals surface area contributed by atoms with Crippen LogP contribution >= 0.6 is 0 Å². The van der Waals surface area contributed by atoms with Crippen LogP contribution in [-0.4, -0.2) is 97.1 Å². The van der Waals surface area contributed by atoms with Gasteiger partial charge in [0.2, 0.25) is 5.91 Å². The molecule has 2 saturated heterocycles. The first-order valence-corrected chi connectivity index (χ1v) is 12.7. The first kappa shape index (κ1) is 29.3. The van der Waals surface area contributed by atoms with E-state index >= 15 is 0 Å². The molecule has 2 aliphatic rings. The number of benzene rings is 2. The van der Waals surface area contributed by atoms with Crippen LogP contribution in [0.2, 0.25) is 0 Å². The molecule has 39 heavy (non-hydrogen) atoms. The van der Waals surface area contributed by atoms with Crippen molar-refractivity contribution in [1.29, 1.82) is 0 Å². The van der Waals surface area contributed by atoms with Gasteiger partial charge in [-0.1, -0.05) is 48.5 Å². The maximum absolute atomic E-state index is 13.1. The lowest BCUT2D eigenvalue weighted by Crippen LogP contribution is -2.53. The van der Waals surface area contributed by atoms with E-state index in [1.165, 1.54) is 0 Å². The molecule has 1 N–H and O–H groups in total. The highest BCUT2D eigenvalue weighted by atomic mass is 19.4. The zero-order valence-corrected chi connectivity index (χ0v) is 21.3. The van der Waals surface area contributed by atoms with Crippen LogP contribution in [0.5, 0.6) is 0 Å². The molecule has 0 atom stereocenters. The fourth-order valence-corrected chi connectivity index (χ4v) is 4.84. The van der Waals surface area contributed by atoms with Crippen molar-refractivity contribution >= 4 is 5.91 Å². The summed E-state index contributed by atoms with van der Waals surface area (Å²) < 4.78 is 84.0. The van der Waals surface area contributed by atoms with Crippen LogP contribution in [0, 0.1) is 0 Å². The first-order chi connectivity index (χ1) is 18.4. The van der Waals surface area contributed by atoms with Gasteiger partial charge in [-0.15, -0.1) is 0 Å². The average molecular weight is 560 g/mol. The van der Waals surface area contributed by atoms with Gasteiger partial charge in [-0.05, 0) is 16.7 Å². The molecule has 0 aromatic heterocycles. The highest BCUT2D eigenvalue weighted by Gasteiger charge is 2.71. The highest BCUT2D eigenvalue weighted by Crippen LogP contribution is 2.50. The van der Waals surface area contributed by atoms with Gasteiger partial charge < -0.3 is 14.7 Å². The van der Waals surface area contributed by atoms with E-state index < -0.39 is 23.5 Å². The number of alkyl halides is 6. The summed E-state index contributed by atoms with van der Waals surface area (Å²) in [5, 5.41) is 9.55. The Hall–Kier alpha value is -2.67. The van der Waals surface area contributed by atoms with E-state index in [2.05, 4.69) is 9.80 Å². The molecule has 12 heteroatoms. The Morgan fingerprint density at radius 1 is 0.744 bits per heavy atom. The van der Waals surface area contributed by atoms with Gasteiger partial charge in [-0.2, -0.15) is 26.3 Å². The van der Waals surface area contributed by atoms with Crippen molar-refractivity contribution < 1.29 is 41.0 Å². The molecule has 0 spiro atoms. The number of halogens is 6. The Bertz CT molecular complexity index is 1080. The molecule has 0 aliphatic carbocycles. The van der Waals surface area contributed by atoms with E-state index in [4.69, 9.17) is 4.74 Å². The third-order valence-electron chi connectivity index (χ3n) is 7.29. The van der Waals surface area contributed by atoms with Gasteiger partial charge in [0.1, 0.15) is 0 Å². The number of carbonyl (C=O) groups is 1. The Balaban J connectivity index is 1.29. The number of amides is 1. The largest absolute Gasteiger partial charge is 0.430 e. The van der Waals surface area contributed by atoms with E-state index in [1.54, 1.807) is 12.1 Å². The van der Waals surface area contributed by atoms with Crippen molar-refractivity contribution in [1.82, 2.24) is 14.7 Å². The standard InChI is InChI=1S/C27H31F6N3O3/c28-26(29,30)25(38,27(31,32)33)23-7-5-22(6-8-23)21-3-1-20(2-4-21)19-35-11-13-36(14-12-35)24(37)9-10-34-15-17-39-18-16-34/h1-8,38H,9-19H2. The number of morpholine rings is 1. The molecule has 1 amide bonds. The summed E-state index contributed by atoms with van der Waals surface area (Å²) in [6, 6.07) is 10.7. The molecule has 2 aliphatic heterocycles. The smallest absolute Gasteiger partial charge is 0.379 e. The summed E-state index contributed by atoms with van der Waals surface area (Å²) >= 11 is 0. The third-order valence-corrected chi connectivity index (χ3v) is 7.29. The molecule has 2 heterocycles. The molecule has 2 fully saturated rings. The van der Waals surface area contributed by atoms with Gasteiger partial charge in [-0.3, -0.25) is 14.6 Å². The van der Waals surface area contributed by atoms with Gasteiger partial charge in [-0.25, -0.2) is 0 Å². The Morgan fingerprint density at radius 2 is 1.26 bits per heavy atom. The molecular formula is C27H31F6N3O3. The zero-order valence-electron chi connectivity index (χ0n) is 21.3. The number of aliphatic hydroxyl groups is 1. The van der Waals surface area contributed by atoms with E-state index in [9.17, 15) is 36.2 Å². The topological polar surface area (TPSA) is 56.2 Å². The van der Waals surface area contributed by atoms with E-state index in [1.807, 2.05) is 17.0 Å². The van der Waals surface area contributed by atoms with Crippen LogP contribution < -0.4 is 0 Å².